The molecule has 0 saturated carbocycles. The molecule has 1 fully saturated rings. The number of hydrogen-bond donors (Lipinski definition) is 0. The number of ether oxygens (including phenoxy) is 1. The predicted octanol–water partition coefficient (Wildman–Crippen LogP) is 3.37. The van der Waals surface area contributed by atoms with Gasteiger partial charge in [-0.15, -0.1) is 12.1 Å². The van der Waals surface area contributed by atoms with Gasteiger partial charge in [0.15, 0.2) is 0 Å². The van der Waals surface area contributed by atoms with Crippen molar-refractivity contribution in [2.75, 3.05) is 20.2 Å². The number of likely N-dealkylation sites (tertiary alicyclic amines) is 1. The number of nitrogens with zero attached hydrogens (tertiary/aromatic N) is 1. The minimum absolute atomic E-state index is 0. The molecular weight excluding hydrogens is 310 g/mol. The summed E-state index contributed by atoms with van der Waals surface area (Å²) < 4.78 is 43.1. The van der Waals surface area contributed by atoms with Gasteiger partial charge in [0.25, 0.3) is 0 Å². The number of rotatable bonds is 3. The van der Waals surface area contributed by atoms with Crippen molar-refractivity contribution in [1.29, 1.82) is 0 Å². The quantitative estimate of drug-likeness (QED) is 0.623. The third-order valence-electron chi connectivity index (χ3n) is 3.45. The number of likely N-dealkylation sites (N-methyl/N-ethyl adjacent to an activating group) is 1. The van der Waals surface area contributed by atoms with Gasteiger partial charge in [-0.2, -0.15) is 25.3 Å². The third-order valence-corrected chi connectivity index (χ3v) is 3.45. The molecule has 1 atom stereocenters. The molecular formula is C14H17F3MnNO-. The summed E-state index contributed by atoms with van der Waals surface area (Å²) in [6.07, 6.45) is -1.01. The molecule has 1 aromatic carbocycles. The fourth-order valence-corrected chi connectivity index (χ4v) is 2.24. The van der Waals surface area contributed by atoms with Crippen LogP contribution in [0.5, 0.6) is 5.75 Å². The van der Waals surface area contributed by atoms with Gasteiger partial charge in [-0.05, 0) is 26.4 Å². The molecule has 2 nitrogen and oxygen atoms in total. The number of hydrogen-bond acceptors (Lipinski definition) is 2. The Kier molecular flexibility index (Phi) is 6.37. The van der Waals surface area contributed by atoms with E-state index in [1.165, 1.54) is 12.5 Å². The molecule has 20 heavy (non-hydrogen) atoms. The van der Waals surface area contributed by atoms with Crippen molar-refractivity contribution in [1.82, 2.24) is 4.90 Å². The predicted molar refractivity (Wildman–Crippen MR) is 66.0 cm³/mol. The van der Waals surface area contributed by atoms with E-state index in [4.69, 9.17) is 4.74 Å². The third kappa shape index (κ3) is 4.69. The summed E-state index contributed by atoms with van der Waals surface area (Å²) >= 11 is 0. The average molecular weight is 327 g/mol. The summed E-state index contributed by atoms with van der Waals surface area (Å²) in [5, 5.41) is 0. The van der Waals surface area contributed by atoms with Crippen LogP contribution in [0.2, 0.25) is 0 Å². The molecule has 0 spiro atoms. The van der Waals surface area contributed by atoms with Crippen molar-refractivity contribution < 1.29 is 35.0 Å². The Bertz CT molecular complexity index is 425. The maximum Gasteiger partial charge on any atom is 0.370 e. The molecule has 1 radical (unpaired) electrons. The zero-order valence-corrected chi connectivity index (χ0v) is 12.4. The van der Waals surface area contributed by atoms with Gasteiger partial charge in [0, 0.05) is 28.9 Å². The minimum Gasteiger partial charge on any atom is -0.549 e. The average Bonchev–Trinajstić information content (AvgIpc) is 2.37. The maximum absolute atomic E-state index is 12.5. The van der Waals surface area contributed by atoms with Gasteiger partial charge in [0.05, 0.1) is 6.61 Å². The van der Waals surface area contributed by atoms with Crippen LogP contribution in [0.1, 0.15) is 24.8 Å². The molecule has 1 unspecified atom stereocenters. The fraction of sp³-hybridized carbons (Fsp3) is 0.571. The second-order valence-electron chi connectivity index (χ2n) is 4.90. The Hall–Kier alpha value is -0.711. The Labute approximate surface area is 127 Å². The van der Waals surface area contributed by atoms with Crippen LogP contribution in [-0.4, -0.2) is 31.1 Å². The van der Waals surface area contributed by atoms with E-state index in [9.17, 15) is 13.2 Å². The molecule has 1 heterocycles. The monoisotopic (exact) mass is 327 g/mol. The van der Waals surface area contributed by atoms with Crippen LogP contribution in [0.4, 0.5) is 13.2 Å². The number of halogens is 3. The molecule has 2 rings (SSSR count). The molecule has 6 heteroatoms. The Balaban J connectivity index is 0.00000200. The Morgan fingerprint density at radius 3 is 2.75 bits per heavy atom. The van der Waals surface area contributed by atoms with E-state index in [-0.39, 0.29) is 28.9 Å². The maximum atomic E-state index is 12.5. The van der Waals surface area contributed by atoms with E-state index in [2.05, 4.69) is 11.0 Å². The number of alkyl halides is 3. The molecule has 0 amide bonds. The second-order valence-corrected chi connectivity index (χ2v) is 4.90. The summed E-state index contributed by atoms with van der Waals surface area (Å²) in [4.78, 5) is 2.20. The molecule has 0 N–H and O–H groups in total. The van der Waals surface area contributed by atoms with Gasteiger partial charge in [-0.25, -0.2) is 0 Å². The first kappa shape index (κ1) is 17.3. The molecule has 1 aliphatic heterocycles. The standard InChI is InChI=1S/C14H17F3NO.Mn/c1-18-8-3-2-6-12(18)10-19-13-7-4-5-11(9-13)14(15,16)17;/h5,7,9,12H,2-3,6,8,10H2,1H3;/q-1;. The minimum atomic E-state index is -4.35. The van der Waals surface area contributed by atoms with Crippen molar-refractivity contribution in [2.24, 2.45) is 0 Å². The van der Waals surface area contributed by atoms with E-state index < -0.39 is 11.7 Å². The zero-order chi connectivity index (χ0) is 13.9. The molecule has 0 aliphatic carbocycles. The van der Waals surface area contributed by atoms with Gasteiger partial charge in [0.2, 0.25) is 0 Å². The number of piperidine rings is 1. The van der Waals surface area contributed by atoms with E-state index >= 15 is 0 Å². The van der Waals surface area contributed by atoms with Crippen molar-refractivity contribution in [3.8, 4) is 5.75 Å². The molecule has 0 aromatic heterocycles. The summed E-state index contributed by atoms with van der Waals surface area (Å²) in [6, 6.07) is 6.16. The van der Waals surface area contributed by atoms with Crippen molar-refractivity contribution in [3.63, 3.8) is 0 Å². The fourth-order valence-electron chi connectivity index (χ4n) is 2.24. The van der Waals surface area contributed by atoms with Crippen LogP contribution in [0.25, 0.3) is 0 Å². The van der Waals surface area contributed by atoms with E-state index in [0.29, 0.717) is 6.61 Å². The summed E-state index contributed by atoms with van der Waals surface area (Å²) in [7, 11) is 2.02. The Morgan fingerprint density at radius 2 is 2.10 bits per heavy atom. The van der Waals surface area contributed by atoms with Crippen molar-refractivity contribution >= 4 is 0 Å². The van der Waals surface area contributed by atoms with E-state index in [1.807, 2.05) is 7.05 Å². The zero-order valence-electron chi connectivity index (χ0n) is 11.2. The first-order chi connectivity index (χ1) is 8.97. The van der Waals surface area contributed by atoms with Crippen molar-refractivity contribution in [3.05, 3.63) is 29.8 Å². The van der Waals surface area contributed by atoms with E-state index in [1.54, 1.807) is 0 Å². The molecule has 1 aliphatic rings. The first-order valence-electron chi connectivity index (χ1n) is 6.38. The van der Waals surface area contributed by atoms with Crippen LogP contribution in [0, 0.1) is 6.07 Å². The van der Waals surface area contributed by atoms with Gasteiger partial charge < -0.3 is 9.64 Å². The molecule has 113 valence electrons. The smallest absolute Gasteiger partial charge is 0.370 e. The van der Waals surface area contributed by atoms with Crippen LogP contribution in [0.3, 0.4) is 0 Å². The first-order valence-corrected chi connectivity index (χ1v) is 6.38. The van der Waals surface area contributed by atoms with Gasteiger partial charge >= 0.3 is 6.18 Å². The number of benzene rings is 1. The Morgan fingerprint density at radius 1 is 1.35 bits per heavy atom. The van der Waals surface area contributed by atoms with Crippen molar-refractivity contribution in [2.45, 2.75) is 31.5 Å². The normalized spacial score (nSPS) is 20.3. The summed E-state index contributed by atoms with van der Waals surface area (Å²) in [5.74, 6) is 0.230. The SMILES string of the molecule is CN1CCCCC1COc1c[c-]cc(C(F)(F)F)c1.[Mn]. The van der Waals surface area contributed by atoms with Crippen LogP contribution in [-0.2, 0) is 23.2 Å². The van der Waals surface area contributed by atoms with Gasteiger partial charge in [0.1, 0.15) is 0 Å². The molecule has 1 saturated heterocycles. The van der Waals surface area contributed by atoms with Gasteiger partial charge in [-0.3, -0.25) is 0 Å². The largest absolute Gasteiger partial charge is 0.549 e. The van der Waals surface area contributed by atoms with Crippen LogP contribution >= 0.6 is 0 Å². The summed E-state index contributed by atoms with van der Waals surface area (Å²) in [5.41, 5.74) is -0.720. The molecule has 0 bridgehead atoms. The van der Waals surface area contributed by atoms with Crippen LogP contribution < -0.4 is 4.74 Å². The van der Waals surface area contributed by atoms with Crippen LogP contribution in [0.15, 0.2) is 18.2 Å². The second kappa shape index (κ2) is 7.34. The van der Waals surface area contributed by atoms with E-state index in [0.717, 1.165) is 31.5 Å². The van der Waals surface area contributed by atoms with Gasteiger partial charge in [-0.1, -0.05) is 12.0 Å². The topological polar surface area (TPSA) is 12.5 Å². The molecule has 1 aromatic rings. The summed E-state index contributed by atoms with van der Waals surface area (Å²) in [6.45, 7) is 1.44.